The van der Waals surface area contributed by atoms with Gasteiger partial charge in [-0.15, -0.1) is 11.8 Å². The molecule has 4 nitrogen and oxygen atoms in total. The van der Waals surface area contributed by atoms with Crippen molar-refractivity contribution in [3.8, 4) is 0 Å². The van der Waals surface area contributed by atoms with E-state index in [9.17, 15) is 13.2 Å². The van der Waals surface area contributed by atoms with Gasteiger partial charge in [-0.25, -0.2) is 4.98 Å². The minimum absolute atomic E-state index is 0.0820. The molecule has 0 saturated heterocycles. The molecule has 8 heteroatoms. The average Bonchev–Trinajstić information content (AvgIpc) is 2.46. The Balaban J connectivity index is 2.29. The highest BCUT2D eigenvalue weighted by Gasteiger charge is 2.33. The fourth-order valence-corrected chi connectivity index (χ4v) is 2.00. The summed E-state index contributed by atoms with van der Waals surface area (Å²) in [7, 11) is 1.46. The first-order valence-corrected chi connectivity index (χ1v) is 7.20. The van der Waals surface area contributed by atoms with E-state index in [0.717, 1.165) is 11.0 Å². The number of anilines is 3. The molecule has 2 rings (SSSR count). The van der Waals surface area contributed by atoms with E-state index in [-0.39, 0.29) is 11.8 Å². The van der Waals surface area contributed by atoms with Crippen LogP contribution in [-0.2, 0) is 6.18 Å². The Morgan fingerprint density at radius 2 is 1.76 bits per heavy atom. The minimum atomic E-state index is -4.52. The Bertz CT molecular complexity index is 614. The summed E-state index contributed by atoms with van der Waals surface area (Å²) in [6.45, 7) is 0. The number of hydrogen-bond acceptors (Lipinski definition) is 5. The second-order valence-corrected chi connectivity index (χ2v) is 4.94. The smallest absolute Gasteiger partial charge is 0.357 e. The van der Waals surface area contributed by atoms with E-state index in [1.54, 1.807) is 23.9 Å². The fraction of sp³-hybridized carbons (Fsp3) is 0.231. The summed E-state index contributed by atoms with van der Waals surface area (Å²) < 4.78 is 38.3. The van der Waals surface area contributed by atoms with E-state index in [0.29, 0.717) is 5.69 Å². The molecular formula is C13H13F3N4S. The molecule has 2 aromatic rings. The van der Waals surface area contributed by atoms with Crippen LogP contribution in [0.5, 0.6) is 0 Å². The third kappa shape index (κ3) is 4.01. The molecule has 1 aromatic carbocycles. The van der Waals surface area contributed by atoms with Crippen LogP contribution in [0.4, 0.5) is 30.6 Å². The quantitative estimate of drug-likeness (QED) is 0.835. The number of nitrogens with one attached hydrogen (secondary N) is 2. The highest BCUT2D eigenvalue weighted by Crippen LogP contribution is 2.30. The Morgan fingerprint density at radius 1 is 1.10 bits per heavy atom. The lowest BCUT2D eigenvalue weighted by molar-refractivity contribution is -0.141. The average molecular weight is 314 g/mol. The molecule has 0 radical (unpaired) electrons. The number of nitrogens with zero attached hydrogens (tertiary/aromatic N) is 2. The number of alkyl halides is 3. The molecule has 0 aliphatic carbocycles. The van der Waals surface area contributed by atoms with E-state index in [2.05, 4.69) is 20.6 Å². The number of aromatic nitrogens is 2. The molecule has 0 aliphatic rings. The Labute approximate surface area is 124 Å². The van der Waals surface area contributed by atoms with Gasteiger partial charge in [-0.2, -0.15) is 18.2 Å². The number of thioether (sulfide) groups is 1. The van der Waals surface area contributed by atoms with Crippen LogP contribution in [0.1, 0.15) is 5.69 Å². The van der Waals surface area contributed by atoms with Crippen molar-refractivity contribution in [2.45, 2.75) is 11.1 Å². The van der Waals surface area contributed by atoms with Crippen LogP contribution >= 0.6 is 11.8 Å². The van der Waals surface area contributed by atoms with Crippen LogP contribution in [0.3, 0.4) is 0 Å². The normalized spacial score (nSPS) is 11.3. The van der Waals surface area contributed by atoms with Gasteiger partial charge in [-0.05, 0) is 30.5 Å². The van der Waals surface area contributed by atoms with E-state index in [1.165, 1.54) is 7.05 Å². The molecule has 0 saturated carbocycles. The molecule has 1 aromatic heterocycles. The second-order valence-electron chi connectivity index (χ2n) is 4.06. The molecule has 21 heavy (non-hydrogen) atoms. The molecule has 2 N–H and O–H groups in total. The van der Waals surface area contributed by atoms with E-state index >= 15 is 0 Å². The summed E-state index contributed by atoms with van der Waals surface area (Å²) in [4.78, 5) is 8.43. The SMILES string of the molecule is CNc1nc(Nc2ccc(SC)cc2)cc(C(F)(F)F)n1. The van der Waals surface area contributed by atoms with Crippen LogP contribution in [0.25, 0.3) is 0 Å². The summed E-state index contributed by atoms with van der Waals surface area (Å²) in [6.07, 6.45) is -2.57. The van der Waals surface area contributed by atoms with Gasteiger partial charge in [-0.1, -0.05) is 0 Å². The number of halogens is 3. The van der Waals surface area contributed by atoms with Crippen molar-refractivity contribution in [2.24, 2.45) is 0 Å². The molecular weight excluding hydrogens is 301 g/mol. The van der Waals surface area contributed by atoms with Gasteiger partial charge in [0.1, 0.15) is 5.82 Å². The third-order valence-electron chi connectivity index (χ3n) is 2.60. The summed E-state index contributed by atoms with van der Waals surface area (Å²) in [5, 5.41) is 5.36. The zero-order chi connectivity index (χ0) is 15.5. The summed E-state index contributed by atoms with van der Waals surface area (Å²) in [6, 6.07) is 8.18. The van der Waals surface area contributed by atoms with Gasteiger partial charge in [0.25, 0.3) is 0 Å². The third-order valence-corrected chi connectivity index (χ3v) is 3.35. The maximum absolute atomic E-state index is 12.8. The number of rotatable bonds is 4. The van der Waals surface area contributed by atoms with Gasteiger partial charge < -0.3 is 10.6 Å². The van der Waals surface area contributed by atoms with Crippen LogP contribution in [0.2, 0.25) is 0 Å². The lowest BCUT2D eigenvalue weighted by Crippen LogP contribution is -2.12. The Hall–Kier alpha value is -1.96. The monoisotopic (exact) mass is 314 g/mol. The van der Waals surface area contributed by atoms with Crippen LogP contribution in [-0.4, -0.2) is 23.3 Å². The topological polar surface area (TPSA) is 49.8 Å². The highest BCUT2D eigenvalue weighted by atomic mass is 32.2. The zero-order valence-electron chi connectivity index (χ0n) is 11.3. The largest absolute Gasteiger partial charge is 0.433 e. The minimum Gasteiger partial charge on any atom is -0.357 e. The Kier molecular flexibility index (Phi) is 4.56. The molecule has 1 heterocycles. The zero-order valence-corrected chi connectivity index (χ0v) is 12.1. The van der Waals surface area contributed by atoms with E-state index < -0.39 is 11.9 Å². The van der Waals surface area contributed by atoms with Gasteiger partial charge in [0.05, 0.1) is 0 Å². The first-order valence-electron chi connectivity index (χ1n) is 5.97. The number of benzene rings is 1. The molecule has 0 spiro atoms. The van der Waals surface area contributed by atoms with Crippen LogP contribution in [0, 0.1) is 0 Å². The van der Waals surface area contributed by atoms with Crippen molar-refractivity contribution >= 4 is 29.2 Å². The van der Waals surface area contributed by atoms with Crippen molar-refractivity contribution in [1.82, 2.24) is 9.97 Å². The number of hydrogen-bond donors (Lipinski definition) is 2. The van der Waals surface area contributed by atoms with Crippen molar-refractivity contribution in [3.05, 3.63) is 36.0 Å². The summed E-state index contributed by atoms with van der Waals surface area (Å²) in [5.41, 5.74) is -0.341. The molecule has 0 amide bonds. The van der Waals surface area contributed by atoms with Gasteiger partial charge in [0.2, 0.25) is 5.95 Å². The van der Waals surface area contributed by atoms with Crippen LogP contribution < -0.4 is 10.6 Å². The summed E-state index contributed by atoms with van der Waals surface area (Å²) >= 11 is 1.58. The molecule has 0 unspecified atom stereocenters. The fourth-order valence-electron chi connectivity index (χ4n) is 1.59. The van der Waals surface area contributed by atoms with Gasteiger partial charge in [0.15, 0.2) is 5.69 Å². The van der Waals surface area contributed by atoms with E-state index in [4.69, 9.17) is 0 Å². The van der Waals surface area contributed by atoms with Crippen molar-refractivity contribution in [1.29, 1.82) is 0 Å². The molecule has 0 bridgehead atoms. The lowest BCUT2D eigenvalue weighted by Gasteiger charge is -2.11. The van der Waals surface area contributed by atoms with Crippen molar-refractivity contribution < 1.29 is 13.2 Å². The van der Waals surface area contributed by atoms with Gasteiger partial charge >= 0.3 is 6.18 Å². The maximum Gasteiger partial charge on any atom is 0.433 e. The molecule has 0 fully saturated rings. The Morgan fingerprint density at radius 3 is 2.29 bits per heavy atom. The van der Waals surface area contributed by atoms with Crippen molar-refractivity contribution in [2.75, 3.05) is 23.9 Å². The first-order chi connectivity index (χ1) is 9.92. The van der Waals surface area contributed by atoms with Crippen LogP contribution in [0.15, 0.2) is 35.2 Å². The van der Waals surface area contributed by atoms with E-state index in [1.807, 2.05) is 18.4 Å². The first kappa shape index (κ1) is 15.4. The van der Waals surface area contributed by atoms with Gasteiger partial charge in [-0.3, -0.25) is 0 Å². The predicted molar refractivity (Wildman–Crippen MR) is 78.1 cm³/mol. The molecule has 112 valence electrons. The second kappa shape index (κ2) is 6.21. The predicted octanol–water partition coefficient (Wildman–Crippen LogP) is 4.00. The van der Waals surface area contributed by atoms with Crippen molar-refractivity contribution in [3.63, 3.8) is 0 Å². The summed E-state index contributed by atoms with van der Waals surface area (Å²) in [5.74, 6) is -0.00774. The molecule has 0 aliphatic heterocycles. The lowest BCUT2D eigenvalue weighted by atomic mass is 10.3. The maximum atomic E-state index is 12.8. The highest BCUT2D eigenvalue weighted by molar-refractivity contribution is 7.98. The molecule has 0 atom stereocenters. The van der Waals surface area contributed by atoms with Gasteiger partial charge in [0, 0.05) is 23.7 Å². The standard InChI is InChI=1S/C13H13F3N4S/c1-17-12-19-10(13(14,15)16)7-11(20-12)18-8-3-5-9(21-2)6-4-8/h3-7H,1-2H3,(H2,17,18,19,20).